The van der Waals surface area contributed by atoms with Crippen molar-refractivity contribution in [2.24, 2.45) is 0 Å². The van der Waals surface area contributed by atoms with Crippen LogP contribution >= 0.6 is 0 Å². The van der Waals surface area contributed by atoms with Crippen LogP contribution in [-0.4, -0.2) is 42.7 Å². The molecule has 1 aromatic rings. The Balaban J connectivity index is 1.99. The van der Waals surface area contributed by atoms with E-state index in [0.29, 0.717) is 5.92 Å². The van der Waals surface area contributed by atoms with Crippen LogP contribution in [0.15, 0.2) is 24.3 Å². The number of likely N-dealkylation sites (tertiary alicyclic amines) is 1. The van der Waals surface area contributed by atoms with E-state index in [4.69, 9.17) is 9.84 Å². The van der Waals surface area contributed by atoms with Crippen molar-refractivity contribution in [2.45, 2.75) is 18.8 Å². The largest absolute Gasteiger partial charge is 0.496 e. The minimum atomic E-state index is -0.745. The van der Waals surface area contributed by atoms with Crippen molar-refractivity contribution in [3.05, 3.63) is 29.8 Å². The summed E-state index contributed by atoms with van der Waals surface area (Å²) >= 11 is 0. The van der Waals surface area contributed by atoms with Crippen LogP contribution in [0.3, 0.4) is 0 Å². The maximum atomic E-state index is 10.7. The Hall–Kier alpha value is -1.55. The zero-order valence-electron chi connectivity index (χ0n) is 10.6. The van der Waals surface area contributed by atoms with E-state index >= 15 is 0 Å². The third-order valence-corrected chi connectivity index (χ3v) is 3.53. The summed E-state index contributed by atoms with van der Waals surface area (Å²) in [6, 6.07) is 8.10. The highest BCUT2D eigenvalue weighted by Crippen LogP contribution is 2.33. The summed E-state index contributed by atoms with van der Waals surface area (Å²) in [4.78, 5) is 12.7. The number of nitrogens with zero attached hydrogens (tertiary/aromatic N) is 1. The average molecular weight is 249 g/mol. The lowest BCUT2D eigenvalue weighted by Gasteiger charge is -2.31. The number of hydrogen-bond acceptors (Lipinski definition) is 3. The van der Waals surface area contributed by atoms with Gasteiger partial charge in [0.05, 0.1) is 13.7 Å². The first kappa shape index (κ1) is 12.9. The number of carbonyl (C=O) groups is 1. The van der Waals surface area contributed by atoms with Crippen molar-refractivity contribution >= 4 is 5.97 Å². The van der Waals surface area contributed by atoms with Crippen LogP contribution in [0.25, 0.3) is 0 Å². The molecule has 4 nitrogen and oxygen atoms in total. The van der Waals surface area contributed by atoms with Gasteiger partial charge in [0.1, 0.15) is 5.75 Å². The molecule has 1 N–H and O–H groups in total. The van der Waals surface area contributed by atoms with Crippen molar-refractivity contribution in [2.75, 3.05) is 26.7 Å². The highest BCUT2D eigenvalue weighted by Gasteiger charge is 2.23. The lowest BCUT2D eigenvalue weighted by atomic mass is 9.89. The van der Waals surface area contributed by atoms with Crippen LogP contribution in [0.1, 0.15) is 24.3 Å². The van der Waals surface area contributed by atoms with Gasteiger partial charge in [-0.15, -0.1) is 0 Å². The van der Waals surface area contributed by atoms with Gasteiger partial charge in [0.25, 0.3) is 0 Å². The molecule has 1 aliphatic heterocycles. The van der Waals surface area contributed by atoms with Gasteiger partial charge in [-0.3, -0.25) is 9.69 Å². The van der Waals surface area contributed by atoms with Crippen LogP contribution in [0.5, 0.6) is 5.75 Å². The molecule has 0 radical (unpaired) electrons. The summed E-state index contributed by atoms with van der Waals surface area (Å²) in [5.74, 6) is 0.672. The van der Waals surface area contributed by atoms with Gasteiger partial charge < -0.3 is 9.84 Å². The molecule has 0 amide bonds. The molecule has 1 saturated heterocycles. The van der Waals surface area contributed by atoms with Crippen molar-refractivity contribution in [1.29, 1.82) is 0 Å². The van der Waals surface area contributed by atoms with E-state index in [1.807, 2.05) is 23.1 Å². The molecule has 4 heteroatoms. The minimum absolute atomic E-state index is 0.151. The second kappa shape index (κ2) is 5.87. The minimum Gasteiger partial charge on any atom is -0.496 e. The molecule has 2 rings (SSSR count). The number of hydrogen-bond donors (Lipinski definition) is 1. The highest BCUT2D eigenvalue weighted by atomic mass is 16.5. The number of carboxylic acid groups (broad SMARTS) is 1. The zero-order chi connectivity index (χ0) is 13.0. The second-order valence-corrected chi connectivity index (χ2v) is 4.69. The third kappa shape index (κ3) is 3.01. The Morgan fingerprint density at radius 1 is 1.39 bits per heavy atom. The molecular formula is C14H19NO3. The molecule has 0 spiro atoms. The first-order valence-corrected chi connectivity index (χ1v) is 6.27. The van der Waals surface area contributed by atoms with Crippen molar-refractivity contribution in [3.63, 3.8) is 0 Å². The van der Waals surface area contributed by atoms with Gasteiger partial charge in [-0.2, -0.15) is 0 Å². The Morgan fingerprint density at radius 3 is 2.67 bits per heavy atom. The van der Waals surface area contributed by atoms with Crippen molar-refractivity contribution in [1.82, 2.24) is 4.90 Å². The van der Waals surface area contributed by atoms with Crippen LogP contribution in [0.4, 0.5) is 0 Å². The normalized spacial score (nSPS) is 17.6. The van der Waals surface area contributed by atoms with E-state index in [0.717, 1.165) is 31.7 Å². The molecule has 0 atom stereocenters. The fraction of sp³-hybridized carbons (Fsp3) is 0.500. The van der Waals surface area contributed by atoms with Gasteiger partial charge >= 0.3 is 5.97 Å². The first-order chi connectivity index (χ1) is 8.70. The molecule has 1 heterocycles. The van der Waals surface area contributed by atoms with E-state index in [2.05, 4.69) is 6.07 Å². The number of methoxy groups -OCH3 is 1. The summed E-state index contributed by atoms with van der Waals surface area (Å²) in [7, 11) is 1.69. The topological polar surface area (TPSA) is 49.8 Å². The second-order valence-electron chi connectivity index (χ2n) is 4.69. The molecule has 98 valence electrons. The number of aliphatic carboxylic acids is 1. The Morgan fingerprint density at radius 2 is 2.06 bits per heavy atom. The van der Waals surface area contributed by atoms with Crippen molar-refractivity contribution < 1.29 is 14.6 Å². The van der Waals surface area contributed by atoms with Gasteiger partial charge in [0.15, 0.2) is 0 Å². The summed E-state index contributed by atoms with van der Waals surface area (Å²) in [5, 5.41) is 8.77. The SMILES string of the molecule is COc1ccccc1C1CCN(CC(=O)O)CC1. The third-order valence-electron chi connectivity index (χ3n) is 3.53. The fourth-order valence-electron chi connectivity index (χ4n) is 2.60. The van der Waals surface area contributed by atoms with Crippen LogP contribution in [0, 0.1) is 0 Å². The molecule has 0 aromatic heterocycles. The zero-order valence-corrected chi connectivity index (χ0v) is 10.6. The molecular weight excluding hydrogens is 230 g/mol. The maximum Gasteiger partial charge on any atom is 0.317 e. The van der Waals surface area contributed by atoms with Gasteiger partial charge in [0, 0.05) is 0 Å². The standard InChI is InChI=1S/C14H19NO3/c1-18-13-5-3-2-4-12(13)11-6-8-15(9-7-11)10-14(16)17/h2-5,11H,6-10H2,1H3,(H,16,17). The molecule has 1 fully saturated rings. The molecule has 0 bridgehead atoms. The molecule has 18 heavy (non-hydrogen) atoms. The van der Waals surface area contributed by atoms with Gasteiger partial charge in [-0.1, -0.05) is 18.2 Å². The van der Waals surface area contributed by atoms with E-state index in [1.165, 1.54) is 5.56 Å². The van der Waals surface area contributed by atoms with Crippen LogP contribution < -0.4 is 4.74 Å². The van der Waals surface area contributed by atoms with Gasteiger partial charge in [0.2, 0.25) is 0 Å². The Kier molecular flexibility index (Phi) is 4.20. The summed E-state index contributed by atoms with van der Waals surface area (Å²) < 4.78 is 5.38. The Bertz CT molecular complexity index is 411. The summed E-state index contributed by atoms with van der Waals surface area (Å²) in [6.07, 6.45) is 1.99. The summed E-state index contributed by atoms with van der Waals surface area (Å²) in [5.41, 5.74) is 1.25. The number of para-hydroxylation sites is 1. The highest BCUT2D eigenvalue weighted by molar-refractivity contribution is 5.69. The average Bonchev–Trinajstić information content (AvgIpc) is 2.39. The number of rotatable bonds is 4. The number of carboxylic acids is 1. The van der Waals surface area contributed by atoms with E-state index in [-0.39, 0.29) is 6.54 Å². The molecule has 0 unspecified atom stereocenters. The lowest BCUT2D eigenvalue weighted by Crippen LogP contribution is -2.36. The molecule has 0 saturated carbocycles. The van der Waals surface area contributed by atoms with Gasteiger partial charge in [-0.05, 0) is 43.5 Å². The van der Waals surface area contributed by atoms with E-state index in [9.17, 15) is 4.79 Å². The number of piperidine rings is 1. The fourth-order valence-corrected chi connectivity index (χ4v) is 2.60. The van der Waals surface area contributed by atoms with Crippen LogP contribution in [0.2, 0.25) is 0 Å². The Labute approximate surface area is 107 Å². The number of benzene rings is 1. The smallest absolute Gasteiger partial charge is 0.317 e. The molecule has 1 aliphatic rings. The van der Waals surface area contributed by atoms with Gasteiger partial charge in [-0.25, -0.2) is 0 Å². The maximum absolute atomic E-state index is 10.7. The van der Waals surface area contributed by atoms with Crippen molar-refractivity contribution in [3.8, 4) is 5.75 Å². The predicted octanol–water partition coefficient (Wildman–Crippen LogP) is 1.96. The summed E-state index contributed by atoms with van der Waals surface area (Å²) in [6.45, 7) is 1.84. The quantitative estimate of drug-likeness (QED) is 0.886. The molecule has 0 aliphatic carbocycles. The van der Waals surface area contributed by atoms with E-state index < -0.39 is 5.97 Å². The van der Waals surface area contributed by atoms with Crippen LogP contribution in [-0.2, 0) is 4.79 Å². The number of ether oxygens (including phenoxy) is 1. The monoisotopic (exact) mass is 249 g/mol. The predicted molar refractivity (Wildman–Crippen MR) is 69.0 cm³/mol. The first-order valence-electron chi connectivity index (χ1n) is 6.27. The molecule has 1 aromatic carbocycles. The lowest BCUT2D eigenvalue weighted by molar-refractivity contribution is -0.138. The van der Waals surface area contributed by atoms with E-state index in [1.54, 1.807) is 7.11 Å².